The maximum atomic E-state index is 14.5. The summed E-state index contributed by atoms with van der Waals surface area (Å²) in [4.78, 5) is 19.6. The molecule has 1 heterocycles. The number of amides is 1. The zero-order chi connectivity index (χ0) is 36.4. The van der Waals surface area contributed by atoms with Gasteiger partial charge in [-0.25, -0.2) is 23.2 Å². The minimum absolute atomic E-state index is 0.0156. The van der Waals surface area contributed by atoms with E-state index in [1.54, 1.807) is 54.6 Å². The molecule has 0 spiro atoms. The molecule has 6 rings (SSSR count). The Bertz CT molecular complexity index is 2060. The van der Waals surface area contributed by atoms with Gasteiger partial charge in [0, 0.05) is 31.6 Å². The van der Waals surface area contributed by atoms with Crippen molar-refractivity contribution >= 4 is 21.6 Å². The Balaban J connectivity index is 1.35. The maximum absolute atomic E-state index is 14.5. The smallest absolute Gasteiger partial charge is 0.266 e. The second-order valence-corrected chi connectivity index (χ2v) is 14.5. The van der Waals surface area contributed by atoms with Gasteiger partial charge in [0.05, 0.1) is 17.3 Å². The van der Waals surface area contributed by atoms with Gasteiger partial charge in [0.15, 0.2) is 21.5 Å². The number of benzene rings is 5. The molecule has 0 aromatic heterocycles. The summed E-state index contributed by atoms with van der Waals surface area (Å²) in [7, 11) is -3.82. The van der Waals surface area contributed by atoms with Gasteiger partial charge in [0.2, 0.25) is 5.90 Å². The lowest BCUT2D eigenvalue weighted by molar-refractivity contribution is -0.130. The third-order valence-electron chi connectivity index (χ3n) is 8.86. The Hall–Kier alpha value is -5.36. The summed E-state index contributed by atoms with van der Waals surface area (Å²) in [5, 5.41) is 9.11. The Kier molecular flexibility index (Phi) is 11.8. The molecule has 0 unspecified atom stereocenters. The number of hydrogen-bond acceptors (Lipinski definition) is 8. The molecule has 0 radical (unpaired) electrons. The largest absolute Gasteiger partial charge is 0.494 e. The van der Waals surface area contributed by atoms with Gasteiger partial charge in [-0.2, -0.15) is 0 Å². The molecule has 3 N–H and O–H groups in total. The number of carbonyl (C=O) groups excluding carboxylic acids is 1. The number of halogens is 1. The van der Waals surface area contributed by atoms with Crippen molar-refractivity contribution in [1.82, 2.24) is 10.9 Å². The van der Waals surface area contributed by atoms with Crippen LogP contribution in [0.5, 0.6) is 5.75 Å². The fraction of sp³-hybridized carbons (Fsp3) is 0.220. The van der Waals surface area contributed by atoms with E-state index in [0.29, 0.717) is 42.9 Å². The molecule has 5 aromatic rings. The second kappa shape index (κ2) is 16.8. The first-order chi connectivity index (χ1) is 25.3. The van der Waals surface area contributed by atoms with Crippen molar-refractivity contribution in [2.45, 2.75) is 35.8 Å². The van der Waals surface area contributed by atoms with E-state index < -0.39 is 27.4 Å². The maximum Gasteiger partial charge on any atom is 0.266 e. The van der Waals surface area contributed by atoms with Gasteiger partial charge in [0.1, 0.15) is 11.6 Å². The van der Waals surface area contributed by atoms with Gasteiger partial charge < -0.3 is 14.6 Å². The molecule has 1 aliphatic rings. The predicted molar refractivity (Wildman–Crippen MR) is 198 cm³/mol. The molecule has 52 heavy (non-hydrogen) atoms. The van der Waals surface area contributed by atoms with E-state index in [0.717, 1.165) is 16.7 Å². The summed E-state index contributed by atoms with van der Waals surface area (Å²) in [5.41, 5.74) is 8.11. The first-order valence-electron chi connectivity index (χ1n) is 17.1. The number of aliphatic hydroxyl groups is 1. The van der Waals surface area contributed by atoms with Crippen LogP contribution in [0.15, 0.2) is 143 Å². The van der Waals surface area contributed by atoms with Crippen LogP contribution in [-0.2, 0) is 25.8 Å². The van der Waals surface area contributed by atoms with Crippen molar-refractivity contribution in [2.24, 2.45) is 4.99 Å². The van der Waals surface area contributed by atoms with E-state index in [2.05, 4.69) is 10.9 Å². The van der Waals surface area contributed by atoms with E-state index in [9.17, 15) is 17.6 Å². The molecule has 268 valence electrons. The van der Waals surface area contributed by atoms with Crippen molar-refractivity contribution in [3.8, 4) is 16.9 Å². The molecule has 5 aromatic carbocycles. The SMILES string of the molecule is O=C(NNCCc1ccc(F)cc1)[C@@]1(CCS(=O)(=O)c2ccccc2)N=C(c2ccc(OCCCO)cc2)O[C@H]1c1ccc(-c2ccccc2)cc1. The lowest BCUT2D eigenvalue weighted by Gasteiger charge is -2.30. The molecule has 0 saturated heterocycles. The third-order valence-corrected chi connectivity index (χ3v) is 10.6. The number of hydrazine groups is 1. The molecule has 11 heteroatoms. The molecular weight excluding hydrogens is 682 g/mol. The van der Waals surface area contributed by atoms with Crippen LogP contribution in [0.3, 0.4) is 0 Å². The van der Waals surface area contributed by atoms with Gasteiger partial charge in [-0.3, -0.25) is 10.2 Å². The van der Waals surface area contributed by atoms with Crippen LogP contribution >= 0.6 is 0 Å². The minimum Gasteiger partial charge on any atom is -0.494 e. The second-order valence-electron chi connectivity index (χ2n) is 12.4. The van der Waals surface area contributed by atoms with Crippen LogP contribution in [0, 0.1) is 5.82 Å². The quantitative estimate of drug-likeness (QED) is 0.0814. The number of carbonyl (C=O) groups is 1. The van der Waals surface area contributed by atoms with Crippen LogP contribution in [0.25, 0.3) is 11.1 Å². The highest BCUT2D eigenvalue weighted by atomic mass is 32.2. The summed E-state index contributed by atoms with van der Waals surface area (Å²) in [6, 6.07) is 38.7. The topological polar surface area (TPSA) is 126 Å². The summed E-state index contributed by atoms with van der Waals surface area (Å²) in [5.74, 6) is -0.508. The number of aliphatic imine (C=N–C) groups is 1. The molecular formula is C41H40FN3O6S. The van der Waals surface area contributed by atoms with Gasteiger partial charge in [-0.1, -0.05) is 84.9 Å². The Morgan fingerprint density at radius 3 is 2.13 bits per heavy atom. The average Bonchev–Trinajstić information content (AvgIpc) is 3.58. The fourth-order valence-electron chi connectivity index (χ4n) is 6.00. The molecule has 0 bridgehead atoms. The molecule has 2 atom stereocenters. The number of ether oxygens (including phenoxy) is 2. The lowest BCUT2D eigenvalue weighted by atomic mass is 9.84. The number of rotatable bonds is 16. The average molecular weight is 722 g/mol. The summed E-state index contributed by atoms with van der Waals surface area (Å²) in [6.45, 7) is 0.685. The highest BCUT2D eigenvalue weighted by Crippen LogP contribution is 2.43. The van der Waals surface area contributed by atoms with E-state index in [4.69, 9.17) is 19.6 Å². The number of nitrogens with zero attached hydrogens (tertiary/aromatic N) is 1. The zero-order valence-electron chi connectivity index (χ0n) is 28.5. The van der Waals surface area contributed by atoms with E-state index in [-0.39, 0.29) is 35.4 Å². The zero-order valence-corrected chi connectivity index (χ0v) is 29.3. The van der Waals surface area contributed by atoms with Crippen molar-refractivity contribution in [3.05, 3.63) is 156 Å². The Morgan fingerprint density at radius 1 is 0.827 bits per heavy atom. The molecule has 0 fully saturated rings. The van der Waals surface area contributed by atoms with E-state index in [1.807, 2.05) is 54.6 Å². The van der Waals surface area contributed by atoms with Gasteiger partial charge in [0.25, 0.3) is 5.91 Å². The van der Waals surface area contributed by atoms with Crippen molar-refractivity contribution in [2.75, 3.05) is 25.5 Å². The predicted octanol–water partition coefficient (Wildman–Crippen LogP) is 6.24. The first-order valence-corrected chi connectivity index (χ1v) is 18.7. The third kappa shape index (κ3) is 8.74. The summed E-state index contributed by atoms with van der Waals surface area (Å²) in [6.07, 6.45) is -0.188. The standard InChI is InChI=1S/C41H40FN3O6S/c42-35-20-12-30(13-21-35)24-26-43-45-40(47)41(25-29-52(48,49)37-10-5-2-6-11-37)38(33-16-14-32(15-17-33)31-8-3-1-4-9-31)51-39(44-41)34-18-22-36(23-19-34)50-28-7-27-46/h1-6,8-23,38,43,46H,7,24-29H2,(H,45,47)/t38-,41-/m0/s1. The van der Waals surface area contributed by atoms with Crippen LogP contribution in [0.2, 0.25) is 0 Å². The Labute approximate surface area is 303 Å². The highest BCUT2D eigenvalue weighted by Gasteiger charge is 2.53. The van der Waals surface area contributed by atoms with Crippen LogP contribution in [-0.4, -0.2) is 56.4 Å². The van der Waals surface area contributed by atoms with Crippen LogP contribution < -0.4 is 15.6 Å². The molecule has 1 aliphatic heterocycles. The normalized spacial score (nSPS) is 16.9. The molecule has 1 amide bonds. The van der Waals surface area contributed by atoms with Gasteiger partial charge in [-0.05, 0) is 77.2 Å². The number of hydrogen-bond donors (Lipinski definition) is 3. The molecule has 0 aliphatic carbocycles. The van der Waals surface area contributed by atoms with E-state index in [1.165, 1.54) is 24.3 Å². The van der Waals surface area contributed by atoms with Crippen molar-refractivity contribution in [3.63, 3.8) is 0 Å². The minimum atomic E-state index is -3.82. The number of nitrogens with one attached hydrogen (secondary N) is 2. The number of sulfone groups is 1. The summed E-state index contributed by atoms with van der Waals surface area (Å²) < 4.78 is 53.0. The molecule has 9 nitrogen and oxygen atoms in total. The van der Waals surface area contributed by atoms with Crippen molar-refractivity contribution < 1.29 is 32.2 Å². The van der Waals surface area contributed by atoms with E-state index >= 15 is 0 Å². The van der Waals surface area contributed by atoms with Gasteiger partial charge in [-0.15, -0.1) is 0 Å². The Morgan fingerprint density at radius 2 is 1.46 bits per heavy atom. The van der Waals surface area contributed by atoms with Gasteiger partial charge >= 0.3 is 0 Å². The van der Waals surface area contributed by atoms with Crippen LogP contribution in [0.1, 0.15) is 35.6 Å². The van der Waals surface area contributed by atoms with Crippen LogP contribution in [0.4, 0.5) is 4.39 Å². The first kappa shape index (κ1) is 36.4. The number of aliphatic hydroxyl groups excluding tert-OH is 1. The molecule has 0 saturated carbocycles. The lowest BCUT2D eigenvalue weighted by Crippen LogP contribution is -2.53. The summed E-state index contributed by atoms with van der Waals surface area (Å²) >= 11 is 0. The monoisotopic (exact) mass is 721 g/mol. The highest BCUT2D eigenvalue weighted by molar-refractivity contribution is 7.91. The fourth-order valence-corrected chi connectivity index (χ4v) is 7.38. The van der Waals surface area contributed by atoms with Crippen molar-refractivity contribution in [1.29, 1.82) is 0 Å².